The number of ether oxygens (including phenoxy) is 1. The standard InChI is InChI=1S/C44H51FN4O5S/c1-27(2)49-36-19-11-18-34(40-46-35(26-55-40)29-13-8-9-14-29)39(36)47-43(49)54-33-22-37-38(50)24-44(42(52)53)23-31(44)16-7-5-3-4-6-15-30(41(51)48(37)25-33)20-28-12-10-17-32(45)21-28/h7,10-12,16-19,21,26-27,29-31,33,37H,3-6,8-9,13-15,20,22-25H2,1-2H3,(H,52,53)/b16-7-/t30-,31+,33-,37+,44-/m1/s1. The largest absolute Gasteiger partial charge is 0.481 e. The number of Topliss-reactive ketones (excluding diaryl/α,β-unsaturated/α-hetero) is 1. The first-order valence-electron chi connectivity index (χ1n) is 20.2. The molecule has 2 aromatic heterocycles. The Morgan fingerprint density at radius 2 is 1.85 bits per heavy atom. The highest BCUT2D eigenvalue weighted by molar-refractivity contribution is 7.13. The molecule has 8 rings (SSSR count). The zero-order valence-corrected chi connectivity index (χ0v) is 32.6. The predicted octanol–water partition coefficient (Wildman–Crippen LogP) is 9.32. The highest BCUT2D eigenvalue weighted by Crippen LogP contribution is 2.57. The van der Waals surface area contributed by atoms with E-state index in [1.807, 2.05) is 24.3 Å². The number of imidazole rings is 1. The summed E-state index contributed by atoms with van der Waals surface area (Å²) in [4.78, 5) is 53.5. The summed E-state index contributed by atoms with van der Waals surface area (Å²) in [7, 11) is 0. The number of rotatable bonds is 8. The van der Waals surface area contributed by atoms with E-state index in [2.05, 4.69) is 35.9 Å². The molecule has 290 valence electrons. The number of aromatic nitrogens is 3. The number of thiazole rings is 1. The van der Waals surface area contributed by atoms with Crippen molar-refractivity contribution in [3.8, 4) is 16.6 Å². The van der Waals surface area contributed by atoms with Crippen molar-refractivity contribution in [2.75, 3.05) is 6.54 Å². The van der Waals surface area contributed by atoms with E-state index in [9.17, 15) is 23.9 Å². The minimum atomic E-state index is -1.15. The predicted molar refractivity (Wildman–Crippen MR) is 211 cm³/mol. The molecule has 1 amide bonds. The first-order chi connectivity index (χ1) is 26.6. The van der Waals surface area contributed by atoms with Crippen LogP contribution in [0.3, 0.4) is 0 Å². The van der Waals surface area contributed by atoms with Gasteiger partial charge in [0.1, 0.15) is 22.4 Å². The normalized spacial score (nSPS) is 27.2. The van der Waals surface area contributed by atoms with Gasteiger partial charge in [-0.2, -0.15) is 4.98 Å². The number of allylic oxidation sites excluding steroid dienone is 2. The number of amides is 1. The van der Waals surface area contributed by atoms with Gasteiger partial charge in [-0.05, 0) is 94.5 Å². The molecule has 1 saturated heterocycles. The fourth-order valence-electron chi connectivity index (χ4n) is 9.38. The highest BCUT2D eigenvalue weighted by Gasteiger charge is 2.61. The third-order valence-corrected chi connectivity index (χ3v) is 13.4. The van der Waals surface area contributed by atoms with E-state index in [4.69, 9.17) is 14.7 Å². The van der Waals surface area contributed by atoms with Crippen molar-refractivity contribution in [3.63, 3.8) is 0 Å². The summed E-state index contributed by atoms with van der Waals surface area (Å²) in [5.41, 5.74) is 3.41. The van der Waals surface area contributed by atoms with Crippen LogP contribution >= 0.6 is 11.3 Å². The highest BCUT2D eigenvalue weighted by atomic mass is 32.1. The number of para-hydroxylation sites is 1. The van der Waals surface area contributed by atoms with Gasteiger partial charge in [0.2, 0.25) is 5.91 Å². The SMILES string of the molecule is CC(C)n1c(O[C@@H]2C[C@H]3C(=O)C[C@]4(C(=O)O)C[C@@H]4/C=C\CCCCC[C@H](Cc4cccc(F)c4)C(=O)N3C2)nc2c(-c3nc(C4CCCC4)cs3)cccc21. The number of carboxylic acid groups (broad SMARTS) is 1. The third-order valence-electron chi connectivity index (χ3n) is 12.5. The number of hydrogen-bond donors (Lipinski definition) is 1. The minimum absolute atomic E-state index is 0.00153. The Morgan fingerprint density at radius 1 is 1.05 bits per heavy atom. The van der Waals surface area contributed by atoms with Crippen LogP contribution < -0.4 is 4.74 Å². The number of carboxylic acids is 1. The number of hydrogen-bond acceptors (Lipinski definition) is 7. The molecule has 2 aromatic carbocycles. The van der Waals surface area contributed by atoms with Crippen LogP contribution in [0.1, 0.15) is 114 Å². The Hall–Kier alpha value is -4.38. The van der Waals surface area contributed by atoms with Gasteiger partial charge in [0.25, 0.3) is 6.01 Å². The van der Waals surface area contributed by atoms with Gasteiger partial charge in [-0.1, -0.05) is 56.0 Å². The summed E-state index contributed by atoms with van der Waals surface area (Å²) in [6, 6.07) is 12.1. The van der Waals surface area contributed by atoms with Crippen LogP contribution in [0.5, 0.6) is 6.01 Å². The topological polar surface area (TPSA) is 115 Å². The second-order valence-electron chi connectivity index (χ2n) is 16.6. The van der Waals surface area contributed by atoms with E-state index < -0.39 is 29.4 Å². The smallest absolute Gasteiger partial charge is 0.310 e. The first kappa shape index (κ1) is 37.5. The molecular formula is C44H51FN4O5S. The lowest BCUT2D eigenvalue weighted by atomic mass is 9.90. The van der Waals surface area contributed by atoms with Gasteiger partial charge in [0, 0.05) is 41.7 Å². The number of nitrogens with zero attached hydrogens (tertiary/aromatic N) is 4. The summed E-state index contributed by atoms with van der Waals surface area (Å²) in [5, 5.41) is 13.5. The van der Waals surface area contributed by atoms with Gasteiger partial charge in [0.05, 0.1) is 29.2 Å². The molecule has 9 nitrogen and oxygen atoms in total. The minimum Gasteiger partial charge on any atom is -0.481 e. The van der Waals surface area contributed by atoms with E-state index in [-0.39, 0.29) is 48.9 Å². The zero-order valence-electron chi connectivity index (χ0n) is 31.8. The lowest BCUT2D eigenvalue weighted by molar-refractivity contribution is -0.147. The Balaban J connectivity index is 1.11. The van der Waals surface area contributed by atoms with E-state index in [0.29, 0.717) is 31.2 Å². The van der Waals surface area contributed by atoms with Crippen molar-refractivity contribution in [1.82, 2.24) is 19.4 Å². The van der Waals surface area contributed by atoms with E-state index in [1.165, 1.54) is 37.8 Å². The van der Waals surface area contributed by atoms with Crippen molar-refractivity contribution >= 4 is 40.0 Å². The third kappa shape index (κ3) is 7.61. The van der Waals surface area contributed by atoms with Crippen LogP contribution in [-0.4, -0.2) is 60.9 Å². The second-order valence-corrected chi connectivity index (χ2v) is 17.4. The summed E-state index contributed by atoms with van der Waals surface area (Å²) in [6.45, 7) is 4.33. The molecule has 5 atom stereocenters. The van der Waals surface area contributed by atoms with Crippen molar-refractivity contribution in [2.24, 2.45) is 17.3 Å². The molecule has 2 aliphatic carbocycles. The number of fused-ring (bicyclic) bond motifs is 3. The molecule has 0 unspecified atom stereocenters. The second kappa shape index (κ2) is 15.6. The van der Waals surface area contributed by atoms with Crippen molar-refractivity contribution in [1.29, 1.82) is 0 Å². The molecule has 4 heterocycles. The van der Waals surface area contributed by atoms with E-state index >= 15 is 0 Å². The Kier molecular flexibility index (Phi) is 10.7. The van der Waals surface area contributed by atoms with Crippen LogP contribution in [0.15, 0.2) is 60.0 Å². The number of carbonyl (C=O) groups is 3. The van der Waals surface area contributed by atoms with Crippen molar-refractivity contribution in [3.05, 3.63) is 77.1 Å². The zero-order chi connectivity index (χ0) is 38.3. The van der Waals surface area contributed by atoms with Crippen LogP contribution in [0, 0.1) is 23.1 Å². The van der Waals surface area contributed by atoms with Gasteiger partial charge in [-0.15, -0.1) is 11.3 Å². The Morgan fingerprint density at radius 3 is 2.64 bits per heavy atom. The summed E-state index contributed by atoms with van der Waals surface area (Å²) in [6.07, 6.45) is 13.3. The monoisotopic (exact) mass is 766 g/mol. The number of benzene rings is 2. The molecule has 0 bridgehead atoms. The van der Waals surface area contributed by atoms with Gasteiger partial charge >= 0.3 is 5.97 Å². The molecule has 4 aromatic rings. The molecule has 2 saturated carbocycles. The first-order valence-corrected chi connectivity index (χ1v) is 21.1. The molecule has 0 spiro atoms. The maximum atomic E-state index is 14.7. The van der Waals surface area contributed by atoms with Gasteiger partial charge in [-0.3, -0.25) is 19.0 Å². The Labute approximate surface area is 326 Å². The Bertz CT molecular complexity index is 2100. The number of carbonyl (C=O) groups excluding carboxylic acids is 2. The lowest BCUT2D eigenvalue weighted by Gasteiger charge is -2.29. The molecule has 1 N–H and O–H groups in total. The summed E-state index contributed by atoms with van der Waals surface area (Å²) < 4.78 is 23.1. The molecule has 3 fully saturated rings. The van der Waals surface area contributed by atoms with Crippen LogP contribution in [0.4, 0.5) is 4.39 Å². The fraction of sp³-hybridized carbons (Fsp3) is 0.523. The molecular weight excluding hydrogens is 716 g/mol. The number of ketones is 1. The molecule has 0 radical (unpaired) electrons. The van der Waals surface area contributed by atoms with Gasteiger partial charge in [-0.25, -0.2) is 9.37 Å². The maximum Gasteiger partial charge on any atom is 0.310 e. The van der Waals surface area contributed by atoms with Gasteiger partial charge in [0.15, 0.2) is 5.78 Å². The average Bonchev–Trinajstić information content (AvgIpc) is 3.75. The quantitative estimate of drug-likeness (QED) is 0.178. The maximum absolute atomic E-state index is 14.7. The number of halogens is 1. The van der Waals surface area contributed by atoms with Crippen LogP contribution in [0.25, 0.3) is 21.6 Å². The fourth-order valence-corrected chi connectivity index (χ4v) is 10.3. The molecule has 55 heavy (non-hydrogen) atoms. The molecule has 4 aliphatic rings. The average molecular weight is 767 g/mol. The van der Waals surface area contributed by atoms with E-state index in [1.54, 1.807) is 22.3 Å². The van der Waals surface area contributed by atoms with Crippen molar-refractivity contribution < 1.29 is 28.6 Å². The number of aliphatic carboxylic acids is 1. The summed E-state index contributed by atoms with van der Waals surface area (Å²) in [5.74, 6) is -1.89. The lowest BCUT2D eigenvalue weighted by Crippen LogP contribution is -2.45. The van der Waals surface area contributed by atoms with Crippen LogP contribution in [0.2, 0.25) is 0 Å². The summed E-state index contributed by atoms with van der Waals surface area (Å²) >= 11 is 1.65. The van der Waals surface area contributed by atoms with Gasteiger partial charge < -0.3 is 14.7 Å². The van der Waals surface area contributed by atoms with E-state index in [0.717, 1.165) is 58.5 Å². The van der Waals surface area contributed by atoms with Crippen LogP contribution in [-0.2, 0) is 20.8 Å². The van der Waals surface area contributed by atoms with Crippen molar-refractivity contribution in [2.45, 2.75) is 121 Å². The molecule has 2 aliphatic heterocycles. The molecule has 11 heteroatoms.